The molecular weight excluding hydrogens is 220 g/mol. The van der Waals surface area contributed by atoms with Crippen LogP contribution in [-0.4, -0.2) is 33.1 Å². The molecule has 0 atom stereocenters. The van der Waals surface area contributed by atoms with Gasteiger partial charge in [0.05, 0.1) is 18.6 Å². The number of aromatic nitrogens is 2. The van der Waals surface area contributed by atoms with Gasteiger partial charge in [0.15, 0.2) is 5.11 Å². The molecule has 0 aliphatic carbocycles. The Morgan fingerprint density at radius 1 is 1.69 bits per heavy atom. The van der Waals surface area contributed by atoms with Gasteiger partial charge >= 0.3 is 0 Å². The van der Waals surface area contributed by atoms with E-state index in [1.54, 1.807) is 6.33 Å². The number of nitrogens with one attached hydrogen (secondary N) is 2. The Morgan fingerprint density at radius 3 is 3.38 bits per heavy atom. The molecule has 1 aromatic rings. The molecule has 0 saturated carbocycles. The van der Waals surface area contributed by atoms with Gasteiger partial charge in [0.2, 0.25) is 0 Å². The summed E-state index contributed by atoms with van der Waals surface area (Å²) in [5, 5.41) is 4.16. The van der Waals surface area contributed by atoms with Crippen LogP contribution in [0.25, 0.3) is 0 Å². The van der Waals surface area contributed by atoms with Crippen LogP contribution in [-0.2, 0) is 13.0 Å². The van der Waals surface area contributed by atoms with Crippen LogP contribution >= 0.6 is 12.2 Å². The summed E-state index contributed by atoms with van der Waals surface area (Å²) in [6.45, 7) is 4.96. The first-order valence-corrected chi connectivity index (χ1v) is 6.26. The minimum atomic E-state index is 0.830. The van der Waals surface area contributed by atoms with Crippen LogP contribution < -0.4 is 5.32 Å². The van der Waals surface area contributed by atoms with Gasteiger partial charge in [-0.3, -0.25) is 0 Å². The zero-order valence-electron chi connectivity index (χ0n) is 9.62. The second-order valence-electron chi connectivity index (χ2n) is 4.08. The molecule has 2 rings (SSSR count). The fraction of sp³-hybridized carbons (Fsp3) is 0.636. The lowest BCUT2D eigenvalue weighted by Crippen LogP contribution is -2.42. The molecule has 1 aliphatic rings. The summed E-state index contributed by atoms with van der Waals surface area (Å²) in [4.78, 5) is 9.66. The summed E-state index contributed by atoms with van der Waals surface area (Å²) in [5.74, 6) is 0. The van der Waals surface area contributed by atoms with Crippen molar-refractivity contribution < 1.29 is 0 Å². The molecule has 0 saturated heterocycles. The summed E-state index contributed by atoms with van der Waals surface area (Å²) in [6.07, 6.45) is 5.13. The molecule has 16 heavy (non-hydrogen) atoms. The van der Waals surface area contributed by atoms with Crippen molar-refractivity contribution in [3.63, 3.8) is 0 Å². The largest absolute Gasteiger partial charge is 0.363 e. The Balaban J connectivity index is 1.86. The third kappa shape index (κ3) is 2.52. The van der Waals surface area contributed by atoms with Gasteiger partial charge in [0.1, 0.15) is 0 Å². The molecule has 0 bridgehead atoms. The fourth-order valence-corrected chi connectivity index (χ4v) is 2.12. The van der Waals surface area contributed by atoms with Gasteiger partial charge in [-0.15, -0.1) is 0 Å². The maximum atomic E-state index is 5.37. The molecule has 5 heteroatoms. The van der Waals surface area contributed by atoms with Gasteiger partial charge in [-0.05, 0) is 18.6 Å². The SMILES string of the molecule is CCCCNC(=S)N1CCc2[nH]cnc2C1. The van der Waals surface area contributed by atoms with Crippen molar-refractivity contribution in [1.82, 2.24) is 20.2 Å². The van der Waals surface area contributed by atoms with Gasteiger partial charge in [-0.25, -0.2) is 4.98 Å². The maximum absolute atomic E-state index is 5.37. The molecule has 88 valence electrons. The number of rotatable bonds is 3. The van der Waals surface area contributed by atoms with Crippen LogP contribution in [0.15, 0.2) is 6.33 Å². The van der Waals surface area contributed by atoms with Gasteiger partial charge in [-0.2, -0.15) is 0 Å². The van der Waals surface area contributed by atoms with Crippen molar-refractivity contribution in [3.8, 4) is 0 Å². The minimum absolute atomic E-state index is 0.830. The second-order valence-corrected chi connectivity index (χ2v) is 4.47. The van der Waals surface area contributed by atoms with E-state index < -0.39 is 0 Å². The zero-order valence-corrected chi connectivity index (χ0v) is 10.4. The van der Waals surface area contributed by atoms with Gasteiger partial charge in [-0.1, -0.05) is 13.3 Å². The molecule has 0 radical (unpaired) electrons. The number of unbranched alkanes of at least 4 members (excludes halogenated alkanes) is 1. The van der Waals surface area contributed by atoms with Crippen LogP contribution in [0.1, 0.15) is 31.2 Å². The Bertz CT molecular complexity index is 361. The number of fused-ring (bicyclic) bond motifs is 1. The highest BCUT2D eigenvalue weighted by Gasteiger charge is 2.19. The minimum Gasteiger partial charge on any atom is -0.363 e. The first-order chi connectivity index (χ1) is 7.81. The molecule has 0 unspecified atom stereocenters. The summed E-state index contributed by atoms with van der Waals surface area (Å²) in [5.41, 5.74) is 2.39. The van der Waals surface area contributed by atoms with Crippen molar-refractivity contribution >= 4 is 17.3 Å². The number of aromatic amines is 1. The summed E-state index contributed by atoms with van der Waals surface area (Å²) in [6, 6.07) is 0. The van der Waals surface area contributed by atoms with Crippen LogP contribution in [0.5, 0.6) is 0 Å². The smallest absolute Gasteiger partial charge is 0.169 e. The molecule has 4 nitrogen and oxygen atoms in total. The average Bonchev–Trinajstić information content (AvgIpc) is 2.76. The van der Waals surface area contributed by atoms with E-state index in [1.165, 1.54) is 18.5 Å². The molecule has 1 aliphatic heterocycles. The molecule has 0 fully saturated rings. The van der Waals surface area contributed by atoms with Crippen LogP contribution in [0.4, 0.5) is 0 Å². The Hall–Kier alpha value is -1.10. The van der Waals surface area contributed by atoms with Crippen LogP contribution in [0.3, 0.4) is 0 Å². The first kappa shape index (κ1) is 11.4. The second kappa shape index (κ2) is 5.30. The van der Waals surface area contributed by atoms with E-state index in [4.69, 9.17) is 12.2 Å². The molecule has 0 amide bonds. The van der Waals surface area contributed by atoms with E-state index in [9.17, 15) is 0 Å². The average molecular weight is 238 g/mol. The van der Waals surface area contributed by atoms with E-state index in [2.05, 4.69) is 27.1 Å². The van der Waals surface area contributed by atoms with Gasteiger partial charge < -0.3 is 15.2 Å². The van der Waals surface area contributed by atoms with Crippen molar-refractivity contribution in [2.24, 2.45) is 0 Å². The topological polar surface area (TPSA) is 44.0 Å². The predicted octanol–water partition coefficient (Wildman–Crippen LogP) is 1.44. The fourth-order valence-electron chi connectivity index (χ4n) is 1.87. The third-order valence-electron chi connectivity index (χ3n) is 2.87. The van der Waals surface area contributed by atoms with Crippen molar-refractivity contribution in [2.75, 3.05) is 13.1 Å². The standard InChI is InChI=1S/C11H18N4S/c1-2-3-5-12-11(16)15-6-4-9-10(7-15)14-8-13-9/h8H,2-7H2,1H3,(H,12,16)(H,13,14). The third-order valence-corrected chi connectivity index (χ3v) is 3.28. The Kier molecular flexibility index (Phi) is 3.77. The number of imidazole rings is 1. The Morgan fingerprint density at radius 2 is 2.56 bits per heavy atom. The molecule has 1 aromatic heterocycles. The van der Waals surface area contributed by atoms with Gasteiger partial charge in [0, 0.05) is 25.2 Å². The van der Waals surface area contributed by atoms with Crippen LogP contribution in [0.2, 0.25) is 0 Å². The molecule has 2 heterocycles. The lowest BCUT2D eigenvalue weighted by Gasteiger charge is -2.28. The number of hydrogen-bond acceptors (Lipinski definition) is 2. The first-order valence-electron chi connectivity index (χ1n) is 5.85. The normalized spacial score (nSPS) is 14.7. The van der Waals surface area contributed by atoms with Crippen molar-refractivity contribution in [3.05, 3.63) is 17.7 Å². The highest BCUT2D eigenvalue weighted by atomic mass is 32.1. The summed E-state index contributed by atoms with van der Waals surface area (Å²) < 4.78 is 0. The highest BCUT2D eigenvalue weighted by molar-refractivity contribution is 7.80. The van der Waals surface area contributed by atoms with E-state index in [1.807, 2.05) is 0 Å². The van der Waals surface area contributed by atoms with Crippen LogP contribution in [0, 0.1) is 0 Å². The van der Waals surface area contributed by atoms with E-state index >= 15 is 0 Å². The van der Waals surface area contributed by atoms with E-state index in [0.29, 0.717) is 0 Å². The predicted molar refractivity (Wildman–Crippen MR) is 68.2 cm³/mol. The quantitative estimate of drug-likeness (QED) is 0.618. The van der Waals surface area contributed by atoms with E-state index in [-0.39, 0.29) is 0 Å². The highest BCUT2D eigenvalue weighted by Crippen LogP contribution is 2.14. The number of nitrogens with zero attached hydrogens (tertiary/aromatic N) is 2. The van der Waals surface area contributed by atoms with Crippen molar-refractivity contribution in [2.45, 2.75) is 32.7 Å². The Labute approximate surface area is 101 Å². The number of thiocarbonyl (C=S) groups is 1. The molecular formula is C11H18N4S. The van der Waals surface area contributed by atoms with Crippen molar-refractivity contribution in [1.29, 1.82) is 0 Å². The summed E-state index contributed by atoms with van der Waals surface area (Å²) in [7, 11) is 0. The molecule has 0 spiro atoms. The van der Waals surface area contributed by atoms with Gasteiger partial charge in [0.25, 0.3) is 0 Å². The summed E-state index contributed by atoms with van der Waals surface area (Å²) >= 11 is 5.37. The zero-order chi connectivity index (χ0) is 11.4. The van der Waals surface area contributed by atoms with E-state index in [0.717, 1.165) is 36.9 Å². The molecule has 2 N–H and O–H groups in total. The lowest BCUT2D eigenvalue weighted by atomic mass is 10.1. The molecule has 0 aromatic carbocycles. The maximum Gasteiger partial charge on any atom is 0.169 e. The number of hydrogen-bond donors (Lipinski definition) is 2. The number of H-pyrrole nitrogens is 1. The lowest BCUT2D eigenvalue weighted by molar-refractivity contribution is 0.380. The monoisotopic (exact) mass is 238 g/mol.